The number of rotatable bonds is 6. The summed E-state index contributed by atoms with van der Waals surface area (Å²) in [7, 11) is 0. The van der Waals surface area contributed by atoms with Gasteiger partial charge in [-0.15, -0.1) is 0 Å². The Kier molecular flexibility index (Phi) is 6.17. The summed E-state index contributed by atoms with van der Waals surface area (Å²) in [5.41, 5.74) is 0.782. The van der Waals surface area contributed by atoms with E-state index >= 15 is 0 Å². The Balaban J connectivity index is 2.60. The van der Waals surface area contributed by atoms with E-state index in [4.69, 9.17) is 5.11 Å². The Hall–Kier alpha value is -1.39. The van der Waals surface area contributed by atoms with Crippen molar-refractivity contribution in [3.8, 4) is 0 Å². The fourth-order valence-electron chi connectivity index (χ4n) is 2.04. The third kappa shape index (κ3) is 5.31. The largest absolute Gasteiger partial charge is 0.396 e. The molecule has 1 aromatic carbocycles. The van der Waals surface area contributed by atoms with Crippen molar-refractivity contribution in [2.75, 3.05) is 11.9 Å². The summed E-state index contributed by atoms with van der Waals surface area (Å²) < 4.78 is 0. The van der Waals surface area contributed by atoms with Gasteiger partial charge in [-0.3, -0.25) is 4.79 Å². The maximum absolute atomic E-state index is 12.1. The van der Waals surface area contributed by atoms with E-state index in [-0.39, 0.29) is 30.0 Å². The Morgan fingerprint density at radius 2 is 1.85 bits per heavy atom. The van der Waals surface area contributed by atoms with Crippen LogP contribution in [0.1, 0.15) is 34.1 Å². The average molecular weight is 278 g/mol. The van der Waals surface area contributed by atoms with Gasteiger partial charge in [0, 0.05) is 18.3 Å². The first-order valence-electron chi connectivity index (χ1n) is 7.07. The lowest BCUT2D eigenvalue weighted by atomic mass is 9.84. The normalized spacial score (nSPS) is 14.7. The van der Waals surface area contributed by atoms with Gasteiger partial charge in [0.25, 0.3) is 0 Å². The number of carbonyl (C=O) groups excluding carboxylic acids is 1. The zero-order valence-corrected chi connectivity index (χ0v) is 12.8. The third-order valence-corrected chi connectivity index (χ3v) is 3.35. The molecule has 0 bridgehead atoms. The topological polar surface area (TPSA) is 61.4 Å². The summed E-state index contributed by atoms with van der Waals surface area (Å²) in [6, 6.07) is 9.18. The first-order chi connectivity index (χ1) is 9.34. The molecule has 20 heavy (non-hydrogen) atoms. The van der Waals surface area contributed by atoms with Gasteiger partial charge in [0.15, 0.2) is 0 Å². The van der Waals surface area contributed by atoms with Crippen LogP contribution in [0.3, 0.4) is 0 Å². The number of benzene rings is 1. The fourth-order valence-corrected chi connectivity index (χ4v) is 2.04. The van der Waals surface area contributed by atoms with E-state index in [0.717, 1.165) is 5.69 Å². The third-order valence-electron chi connectivity index (χ3n) is 3.35. The molecule has 112 valence electrons. The van der Waals surface area contributed by atoms with Crippen LogP contribution in [0.25, 0.3) is 0 Å². The maximum atomic E-state index is 12.1. The van der Waals surface area contributed by atoms with Crippen molar-refractivity contribution in [2.45, 2.75) is 46.2 Å². The van der Waals surface area contributed by atoms with E-state index in [9.17, 15) is 4.79 Å². The minimum atomic E-state index is -0.314. The van der Waals surface area contributed by atoms with Crippen molar-refractivity contribution in [3.05, 3.63) is 30.3 Å². The smallest absolute Gasteiger partial charge is 0.241 e. The summed E-state index contributed by atoms with van der Waals surface area (Å²) in [5, 5.41) is 15.3. The monoisotopic (exact) mass is 278 g/mol. The quantitative estimate of drug-likeness (QED) is 0.749. The number of carbonyl (C=O) groups is 1. The summed E-state index contributed by atoms with van der Waals surface area (Å²) in [6.07, 6.45) is 0.631. The minimum Gasteiger partial charge on any atom is -0.396 e. The zero-order chi connectivity index (χ0) is 15.2. The van der Waals surface area contributed by atoms with Crippen LogP contribution in [0.2, 0.25) is 0 Å². The number of hydrogen-bond acceptors (Lipinski definition) is 3. The van der Waals surface area contributed by atoms with E-state index in [0.29, 0.717) is 6.42 Å². The van der Waals surface area contributed by atoms with Crippen LogP contribution in [-0.2, 0) is 4.79 Å². The van der Waals surface area contributed by atoms with Crippen molar-refractivity contribution in [3.63, 3.8) is 0 Å². The predicted octanol–water partition coefficient (Wildman–Crippen LogP) is 2.40. The van der Waals surface area contributed by atoms with Crippen LogP contribution in [0, 0.1) is 5.41 Å². The number of aliphatic hydroxyl groups is 1. The number of para-hydroxylation sites is 1. The lowest BCUT2D eigenvalue weighted by molar-refractivity contribution is -0.118. The molecule has 0 aliphatic carbocycles. The van der Waals surface area contributed by atoms with Gasteiger partial charge >= 0.3 is 0 Å². The van der Waals surface area contributed by atoms with Gasteiger partial charge in [-0.05, 0) is 30.9 Å². The van der Waals surface area contributed by atoms with Crippen molar-refractivity contribution < 1.29 is 9.90 Å². The molecule has 0 aliphatic rings. The molecule has 1 rings (SSSR count). The average Bonchev–Trinajstić information content (AvgIpc) is 2.38. The lowest BCUT2D eigenvalue weighted by Gasteiger charge is -2.33. The minimum absolute atomic E-state index is 0.00990. The van der Waals surface area contributed by atoms with Gasteiger partial charge in [0.05, 0.1) is 6.04 Å². The molecule has 0 fully saturated rings. The first kappa shape index (κ1) is 16.7. The molecule has 2 atom stereocenters. The highest BCUT2D eigenvalue weighted by molar-refractivity contribution is 5.94. The van der Waals surface area contributed by atoms with Gasteiger partial charge < -0.3 is 15.7 Å². The standard InChI is InChI=1S/C16H26N2O2/c1-12(17-14(10-11-19)16(2,3)4)15(20)18-13-8-6-5-7-9-13/h5-9,12,14,17,19H,10-11H2,1-4H3,(H,18,20). The Bertz CT molecular complexity index is 412. The van der Waals surface area contributed by atoms with Crippen molar-refractivity contribution in [2.24, 2.45) is 5.41 Å². The fraction of sp³-hybridized carbons (Fsp3) is 0.562. The number of anilines is 1. The van der Waals surface area contributed by atoms with Crippen LogP contribution >= 0.6 is 0 Å². The maximum Gasteiger partial charge on any atom is 0.241 e. The second-order valence-corrected chi connectivity index (χ2v) is 6.17. The highest BCUT2D eigenvalue weighted by Crippen LogP contribution is 2.22. The van der Waals surface area contributed by atoms with E-state index < -0.39 is 0 Å². The molecular weight excluding hydrogens is 252 g/mol. The van der Waals surface area contributed by atoms with E-state index in [2.05, 4.69) is 31.4 Å². The Labute approximate surface area is 121 Å². The molecule has 0 radical (unpaired) electrons. The van der Waals surface area contributed by atoms with Gasteiger partial charge in [0.2, 0.25) is 5.91 Å². The SMILES string of the molecule is CC(NC(CCO)C(C)(C)C)C(=O)Nc1ccccc1. The summed E-state index contributed by atoms with van der Waals surface area (Å²) in [5.74, 6) is -0.0663. The Morgan fingerprint density at radius 1 is 1.25 bits per heavy atom. The van der Waals surface area contributed by atoms with E-state index in [1.54, 1.807) is 0 Å². The molecule has 0 saturated carbocycles. The van der Waals surface area contributed by atoms with Crippen molar-refractivity contribution in [1.29, 1.82) is 0 Å². The molecule has 0 saturated heterocycles. The molecule has 0 spiro atoms. The molecule has 0 aliphatic heterocycles. The molecule has 1 aromatic rings. The molecule has 2 unspecified atom stereocenters. The predicted molar refractivity (Wildman–Crippen MR) is 82.6 cm³/mol. The molecule has 4 heteroatoms. The van der Waals surface area contributed by atoms with Gasteiger partial charge in [0.1, 0.15) is 0 Å². The molecule has 1 amide bonds. The van der Waals surface area contributed by atoms with Crippen LogP contribution in [-0.4, -0.2) is 29.7 Å². The summed E-state index contributed by atoms with van der Waals surface area (Å²) in [6.45, 7) is 8.25. The van der Waals surface area contributed by atoms with E-state index in [1.165, 1.54) is 0 Å². The number of amides is 1. The summed E-state index contributed by atoms with van der Waals surface area (Å²) >= 11 is 0. The molecular formula is C16H26N2O2. The zero-order valence-electron chi connectivity index (χ0n) is 12.8. The number of aliphatic hydroxyl groups excluding tert-OH is 1. The molecule has 4 nitrogen and oxygen atoms in total. The molecule has 0 heterocycles. The second kappa shape index (κ2) is 7.41. The number of hydrogen-bond donors (Lipinski definition) is 3. The Morgan fingerprint density at radius 3 is 2.35 bits per heavy atom. The summed E-state index contributed by atoms with van der Waals surface area (Å²) in [4.78, 5) is 12.1. The molecule has 0 aromatic heterocycles. The second-order valence-electron chi connectivity index (χ2n) is 6.17. The number of nitrogens with one attached hydrogen (secondary N) is 2. The van der Waals surface area contributed by atoms with Crippen LogP contribution in [0.5, 0.6) is 0 Å². The highest BCUT2D eigenvalue weighted by Gasteiger charge is 2.27. The van der Waals surface area contributed by atoms with Crippen LogP contribution in [0.15, 0.2) is 30.3 Å². The van der Waals surface area contributed by atoms with Gasteiger partial charge in [-0.1, -0.05) is 39.0 Å². The lowest BCUT2D eigenvalue weighted by Crippen LogP contribution is -2.49. The first-order valence-corrected chi connectivity index (χ1v) is 7.07. The van der Waals surface area contributed by atoms with Crippen molar-refractivity contribution in [1.82, 2.24) is 5.32 Å². The van der Waals surface area contributed by atoms with Crippen molar-refractivity contribution >= 4 is 11.6 Å². The van der Waals surface area contributed by atoms with Gasteiger partial charge in [-0.25, -0.2) is 0 Å². The van der Waals surface area contributed by atoms with Gasteiger partial charge in [-0.2, -0.15) is 0 Å². The van der Waals surface area contributed by atoms with E-state index in [1.807, 2.05) is 37.3 Å². The molecule has 3 N–H and O–H groups in total. The van der Waals surface area contributed by atoms with Crippen LogP contribution in [0.4, 0.5) is 5.69 Å². The van der Waals surface area contributed by atoms with Crippen LogP contribution < -0.4 is 10.6 Å². The highest BCUT2D eigenvalue weighted by atomic mass is 16.3.